The van der Waals surface area contributed by atoms with E-state index in [1.165, 1.54) is 20.8 Å². The average Bonchev–Trinajstić information content (AvgIpc) is 3.13. The minimum Gasteiger partial charge on any atom is -0.453 e. The number of ether oxygens (including phenoxy) is 1. The van der Waals surface area contributed by atoms with Gasteiger partial charge in [-0.25, -0.2) is 4.79 Å². The second-order valence-corrected chi connectivity index (χ2v) is 8.00. The highest BCUT2D eigenvalue weighted by molar-refractivity contribution is 6.08. The Balaban J connectivity index is 1.72. The van der Waals surface area contributed by atoms with E-state index in [2.05, 4.69) is 4.98 Å². The van der Waals surface area contributed by atoms with Gasteiger partial charge in [-0.3, -0.25) is 24.1 Å². The van der Waals surface area contributed by atoms with Crippen LogP contribution >= 0.6 is 0 Å². The lowest BCUT2D eigenvalue weighted by Gasteiger charge is -2.23. The van der Waals surface area contributed by atoms with Gasteiger partial charge < -0.3 is 9.72 Å². The lowest BCUT2D eigenvalue weighted by atomic mass is 9.85. The number of hydrogen-bond acceptors (Lipinski definition) is 6. The number of aromatic amines is 1. The van der Waals surface area contributed by atoms with Crippen LogP contribution in [0.4, 0.5) is 0 Å². The molecule has 1 fully saturated rings. The van der Waals surface area contributed by atoms with Gasteiger partial charge in [0.05, 0.1) is 17.5 Å². The quantitative estimate of drug-likeness (QED) is 0.331. The molecule has 0 bridgehead atoms. The van der Waals surface area contributed by atoms with Crippen molar-refractivity contribution in [3.63, 3.8) is 0 Å². The van der Waals surface area contributed by atoms with Crippen molar-refractivity contribution in [2.75, 3.05) is 0 Å². The molecule has 2 amide bonds. The number of imide groups is 1. The fraction of sp³-hybridized carbons (Fsp3) is 0.500. The number of likely N-dealkylation sites (tertiary alicyclic amines) is 1. The third kappa shape index (κ3) is 3.51. The van der Waals surface area contributed by atoms with Crippen LogP contribution in [-0.2, 0) is 19.1 Å². The summed E-state index contributed by atoms with van der Waals surface area (Å²) < 4.78 is 5.30. The van der Waals surface area contributed by atoms with Gasteiger partial charge in [-0.2, -0.15) is 0 Å². The highest BCUT2D eigenvalue weighted by Gasteiger charge is 2.50. The molecular formula is C22H26N2O6. The van der Waals surface area contributed by atoms with Gasteiger partial charge in [-0.15, -0.1) is 0 Å². The summed E-state index contributed by atoms with van der Waals surface area (Å²) in [6.07, 6.45) is 3.55. The molecule has 2 aliphatic rings. The Morgan fingerprint density at radius 3 is 2.07 bits per heavy atom. The van der Waals surface area contributed by atoms with Crippen LogP contribution in [0.25, 0.3) is 0 Å². The molecule has 1 N–H and O–H groups in total. The fourth-order valence-corrected chi connectivity index (χ4v) is 4.37. The third-order valence-corrected chi connectivity index (χ3v) is 5.97. The van der Waals surface area contributed by atoms with Crippen molar-refractivity contribution in [3.8, 4) is 0 Å². The number of H-pyrrole nitrogens is 1. The highest BCUT2D eigenvalue weighted by Crippen LogP contribution is 2.36. The predicted octanol–water partition coefficient (Wildman–Crippen LogP) is 2.29. The number of allylic oxidation sites excluding steroid dienone is 2. The lowest BCUT2D eigenvalue weighted by Crippen LogP contribution is -2.45. The summed E-state index contributed by atoms with van der Waals surface area (Å²) >= 11 is 0. The maximum Gasteiger partial charge on any atom is 0.329 e. The van der Waals surface area contributed by atoms with Crippen LogP contribution in [0, 0.1) is 25.7 Å². The monoisotopic (exact) mass is 414 g/mol. The maximum atomic E-state index is 12.8. The van der Waals surface area contributed by atoms with Gasteiger partial charge in [0.2, 0.25) is 17.6 Å². The molecule has 0 unspecified atom stereocenters. The average molecular weight is 414 g/mol. The van der Waals surface area contributed by atoms with E-state index in [-0.39, 0.29) is 23.3 Å². The first-order chi connectivity index (χ1) is 14.1. The molecule has 30 heavy (non-hydrogen) atoms. The zero-order valence-electron chi connectivity index (χ0n) is 17.8. The first kappa shape index (κ1) is 21.7. The maximum absolute atomic E-state index is 12.8. The van der Waals surface area contributed by atoms with Crippen LogP contribution in [0.1, 0.15) is 65.7 Å². The van der Waals surface area contributed by atoms with E-state index >= 15 is 0 Å². The Kier molecular flexibility index (Phi) is 5.78. The molecule has 0 aromatic carbocycles. The molecule has 8 heteroatoms. The number of nitrogens with zero attached hydrogens (tertiary/aromatic N) is 1. The van der Waals surface area contributed by atoms with Gasteiger partial charge in [0.1, 0.15) is 6.04 Å². The molecular weight excluding hydrogens is 388 g/mol. The second-order valence-electron chi connectivity index (χ2n) is 8.00. The van der Waals surface area contributed by atoms with Gasteiger partial charge in [0.15, 0.2) is 11.9 Å². The van der Waals surface area contributed by atoms with Gasteiger partial charge >= 0.3 is 5.97 Å². The minimum atomic E-state index is -1.15. The molecule has 0 radical (unpaired) electrons. The third-order valence-electron chi connectivity index (χ3n) is 5.97. The highest BCUT2D eigenvalue weighted by atomic mass is 16.5. The van der Waals surface area contributed by atoms with Crippen molar-refractivity contribution in [3.05, 3.63) is 34.7 Å². The summed E-state index contributed by atoms with van der Waals surface area (Å²) in [6.45, 7) is 7.62. The number of nitrogens with one attached hydrogen (secondary N) is 1. The number of Topliss-reactive ketones (excluding diaryl/α,β-unsaturated/α-hetero) is 2. The van der Waals surface area contributed by atoms with Crippen LogP contribution in [-0.4, -0.2) is 51.4 Å². The first-order valence-electron chi connectivity index (χ1n) is 10.0. The van der Waals surface area contributed by atoms with Crippen LogP contribution in [0.3, 0.4) is 0 Å². The summed E-state index contributed by atoms with van der Waals surface area (Å²) in [5, 5.41) is 0. The van der Waals surface area contributed by atoms with E-state index in [0.29, 0.717) is 29.7 Å². The van der Waals surface area contributed by atoms with Crippen molar-refractivity contribution in [2.24, 2.45) is 11.8 Å². The smallest absolute Gasteiger partial charge is 0.329 e. The van der Waals surface area contributed by atoms with E-state index in [1.807, 2.05) is 12.2 Å². The van der Waals surface area contributed by atoms with Crippen LogP contribution in [0.2, 0.25) is 0 Å². The van der Waals surface area contributed by atoms with Gasteiger partial charge in [0, 0.05) is 11.3 Å². The largest absolute Gasteiger partial charge is 0.453 e. The molecule has 8 nitrogen and oxygen atoms in total. The standard InChI is InChI=1S/C22H26N2O6/c1-10-17(13(4)25)11(2)23-18(10)19(26)14(5)30-22(29)12(3)24-20(27)15-8-6-7-9-16(15)21(24)28/h6-7,12,14-16,23H,8-9H2,1-5H3/t12-,14-,15-,16-/m0/s1. The lowest BCUT2D eigenvalue weighted by molar-refractivity contribution is -0.159. The second kappa shape index (κ2) is 8.01. The minimum absolute atomic E-state index is 0.166. The Morgan fingerprint density at radius 1 is 1.07 bits per heavy atom. The van der Waals surface area contributed by atoms with Gasteiger partial charge in [0.25, 0.3) is 0 Å². The fourth-order valence-electron chi connectivity index (χ4n) is 4.37. The van der Waals surface area contributed by atoms with Gasteiger partial charge in [-0.1, -0.05) is 12.2 Å². The number of fused-ring (bicyclic) bond motifs is 1. The number of aromatic nitrogens is 1. The number of rotatable bonds is 6. The predicted molar refractivity (Wildman–Crippen MR) is 107 cm³/mol. The molecule has 0 saturated carbocycles. The molecule has 4 atom stereocenters. The van der Waals surface area contributed by atoms with E-state index in [0.717, 1.165) is 4.90 Å². The van der Waals surface area contributed by atoms with E-state index in [4.69, 9.17) is 4.74 Å². The van der Waals surface area contributed by atoms with Crippen LogP contribution in [0.15, 0.2) is 12.2 Å². The van der Waals surface area contributed by atoms with Crippen molar-refractivity contribution in [1.82, 2.24) is 9.88 Å². The van der Waals surface area contributed by atoms with E-state index < -0.39 is 35.7 Å². The molecule has 0 spiro atoms. The zero-order chi connectivity index (χ0) is 22.3. The number of carbonyl (C=O) groups excluding carboxylic acids is 5. The van der Waals surface area contributed by atoms with Crippen LogP contribution < -0.4 is 0 Å². The Bertz CT molecular complexity index is 947. The number of carbonyl (C=O) groups is 5. The number of ketones is 2. The van der Waals surface area contributed by atoms with Crippen LogP contribution in [0.5, 0.6) is 0 Å². The zero-order valence-corrected chi connectivity index (χ0v) is 17.8. The number of hydrogen-bond donors (Lipinski definition) is 1. The van der Waals surface area contributed by atoms with Crippen molar-refractivity contribution < 1.29 is 28.7 Å². The molecule has 1 saturated heterocycles. The molecule has 160 valence electrons. The number of amides is 2. The Hall–Kier alpha value is -3.03. The molecule has 2 heterocycles. The van der Waals surface area contributed by atoms with Crippen molar-refractivity contribution >= 4 is 29.4 Å². The SMILES string of the molecule is CC(=O)c1c(C)[nH]c(C(=O)[C@H](C)OC(=O)[C@H](C)N2C(=O)[C@H]3CC=CC[C@@H]3C2=O)c1C. The topological polar surface area (TPSA) is 114 Å². The Labute approximate surface area is 174 Å². The van der Waals surface area contributed by atoms with Crippen molar-refractivity contribution in [1.29, 1.82) is 0 Å². The first-order valence-corrected chi connectivity index (χ1v) is 10.0. The molecule has 1 aromatic heterocycles. The van der Waals surface area contributed by atoms with Gasteiger partial charge in [-0.05, 0) is 53.0 Å². The summed E-state index contributed by atoms with van der Waals surface area (Å²) in [4.78, 5) is 66.4. The summed E-state index contributed by atoms with van der Waals surface area (Å²) in [5.41, 5.74) is 1.72. The number of aryl methyl sites for hydroxylation is 1. The Morgan fingerprint density at radius 2 is 1.60 bits per heavy atom. The molecule has 3 rings (SSSR count). The summed E-state index contributed by atoms with van der Waals surface area (Å²) in [6, 6.07) is -1.12. The summed E-state index contributed by atoms with van der Waals surface area (Å²) in [5.74, 6) is -3.10. The summed E-state index contributed by atoms with van der Waals surface area (Å²) in [7, 11) is 0. The van der Waals surface area contributed by atoms with Crippen molar-refractivity contribution in [2.45, 2.75) is 59.6 Å². The number of esters is 1. The van der Waals surface area contributed by atoms with E-state index in [9.17, 15) is 24.0 Å². The molecule has 1 aliphatic carbocycles. The van der Waals surface area contributed by atoms with E-state index in [1.54, 1.807) is 13.8 Å². The normalized spacial score (nSPS) is 22.6. The molecule has 1 aliphatic heterocycles. The molecule has 1 aromatic rings.